The molecule has 2 rings (SSSR count). The van der Waals surface area contributed by atoms with E-state index in [2.05, 4.69) is 15.5 Å². The SMILES string of the molecule is Cc1oncc1C(=O)Nc1nc(CCCC(=O)O)cs1. The van der Waals surface area contributed by atoms with Crippen molar-refractivity contribution in [2.24, 2.45) is 0 Å². The van der Waals surface area contributed by atoms with Crippen molar-refractivity contribution in [2.45, 2.75) is 26.2 Å². The molecule has 0 aromatic carbocycles. The minimum atomic E-state index is -0.823. The van der Waals surface area contributed by atoms with Crippen LogP contribution in [0.25, 0.3) is 0 Å². The van der Waals surface area contributed by atoms with Gasteiger partial charge in [0.25, 0.3) is 5.91 Å². The summed E-state index contributed by atoms with van der Waals surface area (Å²) in [6.07, 6.45) is 2.56. The third kappa shape index (κ3) is 3.64. The van der Waals surface area contributed by atoms with Gasteiger partial charge in [-0.1, -0.05) is 5.16 Å². The van der Waals surface area contributed by atoms with E-state index in [0.29, 0.717) is 29.3 Å². The van der Waals surface area contributed by atoms with Gasteiger partial charge in [0, 0.05) is 11.8 Å². The molecule has 0 bridgehead atoms. The van der Waals surface area contributed by atoms with Gasteiger partial charge in [-0.2, -0.15) is 0 Å². The molecule has 8 heteroatoms. The largest absolute Gasteiger partial charge is 0.481 e. The number of amides is 1. The van der Waals surface area contributed by atoms with Gasteiger partial charge in [0.2, 0.25) is 0 Å². The first kappa shape index (κ1) is 14.2. The standard InChI is InChI=1S/C12H13N3O4S/c1-7-9(5-13-19-7)11(18)15-12-14-8(6-20-12)3-2-4-10(16)17/h5-6H,2-4H2,1H3,(H,16,17)(H,14,15,18). The van der Waals surface area contributed by atoms with E-state index in [9.17, 15) is 9.59 Å². The molecule has 0 fully saturated rings. The van der Waals surface area contributed by atoms with Crippen molar-refractivity contribution < 1.29 is 19.2 Å². The molecular weight excluding hydrogens is 282 g/mol. The molecule has 2 heterocycles. The number of thiazole rings is 1. The van der Waals surface area contributed by atoms with Gasteiger partial charge in [0.1, 0.15) is 11.3 Å². The summed E-state index contributed by atoms with van der Waals surface area (Å²) in [4.78, 5) is 26.5. The monoisotopic (exact) mass is 295 g/mol. The van der Waals surface area contributed by atoms with Crippen LogP contribution >= 0.6 is 11.3 Å². The highest BCUT2D eigenvalue weighted by atomic mass is 32.1. The number of hydrogen-bond acceptors (Lipinski definition) is 6. The number of anilines is 1. The highest BCUT2D eigenvalue weighted by Gasteiger charge is 2.14. The van der Waals surface area contributed by atoms with Crippen molar-refractivity contribution in [1.82, 2.24) is 10.1 Å². The number of carbonyl (C=O) groups excluding carboxylic acids is 1. The fourth-order valence-electron chi connectivity index (χ4n) is 1.58. The third-order valence-electron chi connectivity index (χ3n) is 2.59. The zero-order valence-corrected chi connectivity index (χ0v) is 11.6. The fraction of sp³-hybridized carbons (Fsp3) is 0.333. The normalized spacial score (nSPS) is 10.4. The first-order valence-corrected chi connectivity index (χ1v) is 6.83. The Morgan fingerprint density at radius 3 is 2.95 bits per heavy atom. The average molecular weight is 295 g/mol. The maximum absolute atomic E-state index is 11.9. The van der Waals surface area contributed by atoms with E-state index in [-0.39, 0.29) is 12.3 Å². The summed E-state index contributed by atoms with van der Waals surface area (Å²) in [5, 5.41) is 17.0. The van der Waals surface area contributed by atoms with Crippen LogP contribution in [0.15, 0.2) is 16.1 Å². The second kappa shape index (κ2) is 6.29. The van der Waals surface area contributed by atoms with Crippen LogP contribution in [0, 0.1) is 6.92 Å². The Kier molecular flexibility index (Phi) is 4.46. The number of carboxylic acid groups (broad SMARTS) is 1. The number of carboxylic acids is 1. The molecule has 7 nitrogen and oxygen atoms in total. The molecule has 20 heavy (non-hydrogen) atoms. The summed E-state index contributed by atoms with van der Waals surface area (Å²) in [6, 6.07) is 0. The van der Waals surface area contributed by atoms with Crippen molar-refractivity contribution in [2.75, 3.05) is 5.32 Å². The minimum Gasteiger partial charge on any atom is -0.481 e. The van der Waals surface area contributed by atoms with Crippen molar-refractivity contribution in [3.8, 4) is 0 Å². The number of aromatic nitrogens is 2. The van der Waals surface area contributed by atoms with E-state index in [1.54, 1.807) is 12.3 Å². The molecular formula is C12H13N3O4S. The molecule has 2 aromatic heterocycles. The molecule has 0 spiro atoms. The second-order valence-corrected chi connectivity index (χ2v) is 5.00. The molecule has 0 unspecified atom stereocenters. The van der Waals surface area contributed by atoms with Crippen LogP contribution in [0.2, 0.25) is 0 Å². The molecule has 0 aliphatic rings. The molecule has 2 aromatic rings. The molecule has 1 amide bonds. The van der Waals surface area contributed by atoms with Crippen LogP contribution < -0.4 is 5.32 Å². The molecule has 0 radical (unpaired) electrons. The molecule has 106 valence electrons. The van der Waals surface area contributed by atoms with Gasteiger partial charge in [-0.25, -0.2) is 4.98 Å². The van der Waals surface area contributed by atoms with E-state index in [1.165, 1.54) is 17.5 Å². The topological polar surface area (TPSA) is 105 Å². The summed E-state index contributed by atoms with van der Waals surface area (Å²) in [7, 11) is 0. The lowest BCUT2D eigenvalue weighted by atomic mass is 10.2. The Morgan fingerprint density at radius 2 is 2.30 bits per heavy atom. The van der Waals surface area contributed by atoms with E-state index < -0.39 is 5.97 Å². The number of aryl methyl sites for hydroxylation is 2. The lowest BCUT2D eigenvalue weighted by Gasteiger charge is -1.98. The molecule has 0 saturated heterocycles. The number of rotatable bonds is 6. The van der Waals surface area contributed by atoms with Crippen LogP contribution in [-0.2, 0) is 11.2 Å². The first-order chi connectivity index (χ1) is 9.56. The fourth-order valence-corrected chi connectivity index (χ4v) is 2.32. The predicted octanol–water partition coefficient (Wildman–Crippen LogP) is 2.10. The summed E-state index contributed by atoms with van der Waals surface area (Å²) >= 11 is 1.30. The van der Waals surface area contributed by atoms with Gasteiger partial charge < -0.3 is 9.63 Å². The van der Waals surface area contributed by atoms with Crippen molar-refractivity contribution in [3.63, 3.8) is 0 Å². The first-order valence-electron chi connectivity index (χ1n) is 5.95. The molecule has 2 N–H and O–H groups in total. The summed E-state index contributed by atoms with van der Waals surface area (Å²) < 4.78 is 4.82. The van der Waals surface area contributed by atoms with E-state index in [1.807, 2.05) is 0 Å². The molecule has 0 aliphatic heterocycles. The van der Waals surface area contributed by atoms with Crippen molar-refractivity contribution in [1.29, 1.82) is 0 Å². The Labute approximate surface area is 118 Å². The Bertz CT molecular complexity index is 620. The lowest BCUT2D eigenvalue weighted by Crippen LogP contribution is -2.12. The molecule has 0 aliphatic carbocycles. The lowest BCUT2D eigenvalue weighted by molar-refractivity contribution is -0.137. The van der Waals surface area contributed by atoms with Crippen LogP contribution in [0.3, 0.4) is 0 Å². The van der Waals surface area contributed by atoms with Crippen molar-refractivity contribution in [3.05, 3.63) is 28.6 Å². The second-order valence-electron chi connectivity index (χ2n) is 4.14. The molecule has 0 atom stereocenters. The summed E-state index contributed by atoms with van der Waals surface area (Å²) in [6.45, 7) is 1.65. The Morgan fingerprint density at radius 1 is 1.50 bits per heavy atom. The van der Waals surface area contributed by atoms with Gasteiger partial charge in [0.15, 0.2) is 5.13 Å². The van der Waals surface area contributed by atoms with E-state index in [4.69, 9.17) is 9.63 Å². The van der Waals surface area contributed by atoms with Gasteiger partial charge in [-0.05, 0) is 19.8 Å². The predicted molar refractivity (Wildman–Crippen MR) is 71.9 cm³/mol. The quantitative estimate of drug-likeness (QED) is 0.845. The zero-order chi connectivity index (χ0) is 14.5. The highest BCUT2D eigenvalue weighted by molar-refractivity contribution is 7.13. The van der Waals surface area contributed by atoms with Crippen molar-refractivity contribution >= 4 is 28.3 Å². The smallest absolute Gasteiger partial charge is 0.303 e. The van der Waals surface area contributed by atoms with Gasteiger partial charge in [-0.15, -0.1) is 11.3 Å². The van der Waals surface area contributed by atoms with Crippen LogP contribution in [-0.4, -0.2) is 27.1 Å². The third-order valence-corrected chi connectivity index (χ3v) is 3.40. The Balaban J connectivity index is 1.91. The highest BCUT2D eigenvalue weighted by Crippen LogP contribution is 2.18. The number of carbonyl (C=O) groups is 2. The van der Waals surface area contributed by atoms with Gasteiger partial charge >= 0.3 is 5.97 Å². The summed E-state index contributed by atoms with van der Waals surface area (Å²) in [5.74, 6) is -0.701. The minimum absolute atomic E-state index is 0.110. The maximum atomic E-state index is 11.9. The number of nitrogens with zero attached hydrogens (tertiary/aromatic N) is 2. The van der Waals surface area contributed by atoms with Gasteiger partial charge in [-0.3, -0.25) is 14.9 Å². The van der Waals surface area contributed by atoms with Crippen LogP contribution in [0.4, 0.5) is 5.13 Å². The molecule has 0 saturated carbocycles. The average Bonchev–Trinajstić information content (AvgIpc) is 2.98. The van der Waals surface area contributed by atoms with E-state index in [0.717, 1.165) is 5.69 Å². The van der Waals surface area contributed by atoms with E-state index >= 15 is 0 Å². The Hall–Kier alpha value is -2.22. The van der Waals surface area contributed by atoms with Gasteiger partial charge in [0.05, 0.1) is 11.9 Å². The maximum Gasteiger partial charge on any atom is 0.303 e. The number of nitrogens with one attached hydrogen (secondary N) is 1. The number of aliphatic carboxylic acids is 1. The zero-order valence-electron chi connectivity index (χ0n) is 10.8. The summed E-state index contributed by atoms with van der Waals surface area (Å²) in [5.41, 5.74) is 1.14. The van der Waals surface area contributed by atoms with Crippen LogP contribution in [0.5, 0.6) is 0 Å². The number of hydrogen-bond donors (Lipinski definition) is 2. The van der Waals surface area contributed by atoms with Crippen LogP contribution in [0.1, 0.15) is 34.7 Å².